The number of hydrogen-bond donors (Lipinski definition) is 0. The van der Waals surface area contributed by atoms with E-state index in [1.54, 1.807) is 18.9 Å². The molecule has 0 aliphatic rings. The second-order valence-electron chi connectivity index (χ2n) is 4.95. The number of benzene rings is 1. The molecule has 22 heavy (non-hydrogen) atoms. The number of methoxy groups -OCH3 is 1. The van der Waals surface area contributed by atoms with Crippen molar-refractivity contribution >= 4 is 11.8 Å². The summed E-state index contributed by atoms with van der Waals surface area (Å²) in [5.41, 5.74) is 3.10. The van der Waals surface area contributed by atoms with E-state index in [0.717, 1.165) is 22.8 Å². The summed E-state index contributed by atoms with van der Waals surface area (Å²) in [6.07, 6.45) is 4.79. The zero-order chi connectivity index (χ0) is 16.4. The van der Waals surface area contributed by atoms with Gasteiger partial charge < -0.3 is 4.74 Å². The smallest absolute Gasteiger partial charge is 0.106 e. The first-order valence-corrected chi connectivity index (χ1v) is 8.29. The molecule has 0 aliphatic carbocycles. The Morgan fingerprint density at radius 2 is 1.91 bits per heavy atom. The SMILES string of the molecule is CC/C(C)=C/C(C#N)=C\C(SCc1ccccc1)=C(/C)OC. The highest BCUT2D eigenvalue weighted by atomic mass is 32.2. The number of thioether (sulfide) groups is 1. The molecule has 2 nitrogen and oxygen atoms in total. The number of ether oxygens (including phenoxy) is 1. The molecular weight excluding hydrogens is 290 g/mol. The lowest BCUT2D eigenvalue weighted by atomic mass is 10.1. The molecule has 0 atom stereocenters. The molecule has 0 spiro atoms. The van der Waals surface area contributed by atoms with Crippen LogP contribution in [-0.4, -0.2) is 7.11 Å². The quantitative estimate of drug-likeness (QED) is 0.373. The molecule has 1 aromatic rings. The molecular formula is C19H23NOS. The summed E-state index contributed by atoms with van der Waals surface area (Å²) in [5.74, 6) is 1.68. The van der Waals surface area contributed by atoms with Crippen LogP contribution in [0.5, 0.6) is 0 Å². The topological polar surface area (TPSA) is 33.0 Å². The second kappa shape index (κ2) is 9.92. The highest BCUT2D eigenvalue weighted by Crippen LogP contribution is 2.27. The minimum atomic E-state index is 0.659. The molecule has 0 aliphatic heterocycles. The minimum Gasteiger partial charge on any atom is -0.500 e. The van der Waals surface area contributed by atoms with Crippen LogP contribution < -0.4 is 0 Å². The third kappa shape index (κ3) is 6.24. The molecule has 0 fully saturated rings. The highest BCUT2D eigenvalue weighted by Gasteiger charge is 2.05. The first kappa shape index (κ1) is 18.1. The van der Waals surface area contributed by atoms with Crippen LogP contribution in [0.4, 0.5) is 0 Å². The van der Waals surface area contributed by atoms with Gasteiger partial charge in [0.2, 0.25) is 0 Å². The maximum atomic E-state index is 9.32. The average molecular weight is 313 g/mol. The van der Waals surface area contributed by atoms with Gasteiger partial charge in [0.15, 0.2) is 0 Å². The van der Waals surface area contributed by atoms with E-state index in [4.69, 9.17) is 4.74 Å². The van der Waals surface area contributed by atoms with Gasteiger partial charge in [-0.2, -0.15) is 5.26 Å². The Morgan fingerprint density at radius 3 is 2.45 bits per heavy atom. The van der Waals surface area contributed by atoms with Gasteiger partial charge in [-0.3, -0.25) is 0 Å². The Hall–Kier alpha value is -1.92. The molecule has 1 aromatic carbocycles. The summed E-state index contributed by atoms with van der Waals surface area (Å²) in [6.45, 7) is 6.05. The summed E-state index contributed by atoms with van der Waals surface area (Å²) in [7, 11) is 1.66. The summed E-state index contributed by atoms with van der Waals surface area (Å²) < 4.78 is 5.36. The molecule has 3 heteroatoms. The molecule has 0 saturated heterocycles. The van der Waals surface area contributed by atoms with Crippen LogP contribution in [0.2, 0.25) is 0 Å². The van der Waals surface area contributed by atoms with Crippen LogP contribution in [0.15, 0.2) is 64.3 Å². The van der Waals surface area contributed by atoms with Gasteiger partial charge in [0.05, 0.1) is 18.8 Å². The van der Waals surface area contributed by atoms with E-state index in [1.807, 2.05) is 44.2 Å². The molecule has 116 valence electrons. The fraction of sp³-hybridized carbons (Fsp3) is 0.316. The lowest BCUT2D eigenvalue weighted by Crippen LogP contribution is -1.89. The predicted octanol–water partition coefficient (Wildman–Crippen LogP) is 5.60. The Labute approximate surface area is 138 Å². The number of allylic oxidation sites excluding steroid dienone is 5. The summed E-state index contributed by atoms with van der Waals surface area (Å²) in [6, 6.07) is 12.5. The highest BCUT2D eigenvalue weighted by molar-refractivity contribution is 8.02. The Bertz CT molecular complexity index is 606. The van der Waals surface area contributed by atoms with Crippen molar-refractivity contribution in [3.05, 3.63) is 69.9 Å². The zero-order valence-electron chi connectivity index (χ0n) is 13.7. The van der Waals surface area contributed by atoms with Crippen LogP contribution in [0.3, 0.4) is 0 Å². The monoisotopic (exact) mass is 313 g/mol. The summed E-state index contributed by atoms with van der Waals surface area (Å²) in [5, 5.41) is 9.32. The van der Waals surface area contributed by atoms with E-state index >= 15 is 0 Å². The maximum absolute atomic E-state index is 9.32. The first-order valence-electron chi connectivity index (χ1n) is 7.31. The van der Waals surface area contributed by atoms with Crippen molar-refractivity contribution in [3.63, 3.8) is 0 Å². The predicted molar refractivity (Wildman–Crippen MR) is 95.2 cm³/mol. The van der Waals surface area contributed by atoms with E-state index in [0.29, 0.717) is 5.57 Å². The molecule has 0 amide bonds. The Kier molecular flexibility index (Phi) is 8.17. The molecule has 0 aromatic heterocycles. The first-order chi connectivity index (χ1) is 10.6. The molecule has 0 N–H and O–H groups in total. The maximum Gasteiger partial charge on any atom is 0.106 e. The molecule has 0 heterocycles. The zero-order valence-corrected chi connectivity index (χ0v) is 14.5. The number of nitrogens with zero attached hydrogens (tertiary/aromatic N) is 1. The van der Waals surface area contributed by atoms with Crippen LogP contribution >= 0.6 is 11.8 Å². The number of nitriles is 1. The number of rotatable bonds is 7. The van der Waals surface area contributed by atoms with Gasteiger partial charge in [-0.25, -0.2) is 0 Å². The van der Waals surface area contributed by atoms with Gasteiger partial charge in [-0.05, 0) is 38.0 Å². The van der Waals surface area contributed by atoms with Crippen molar-refractivity contribution in [3.8, 4) is 6.07 Å². The Balaban J connectivity index is 2.97. The van der Waals surface area contributed by atoms with Crippen molar-refractivity contribution in [2.75, 3.05) is 7.11 Å². The molecule has 1 rings (SSSR count). The minimum absolute atomic E-state index is 0.659. The average Bonchev–Trinajstić information content (AvgIpc) is 2.57. The van der Waals surface area contributed by atoms with Gasteiger partial charge >= 0.3 is 0 Å². The van der Waals surface area contributed by atoms with E-state index in [-0.39, 0.29) is 0 Å². The fourth-order valence-corrected chi connectivity index (χ4v) is 2.71. The second-order valence-corrected chi connectivity index (χ2v) is 5.97. The molecule has 0 unspecified atom stereocenters. The largest absolute Gasteiger partial charge is 0.500 e. The molecule has 0 bridgehead atoms. The van der Waals surface area contributed by atoms with E-state index in [2.05, 4.69) is 25.1 Å². The molecule has 0 radical (unpaired) electrons. The Morgan fingerprint density at radius 1 is 1.23 bits per heavy atom. The van der Waals surface area contributed by atoms with Gasteiger partial charge in [0.25, 0.3) is 0 Å². The van der Waals surface area contributed by atoms with Gasteiger partial charge in [0.1, 0.15) is 5.76 Å². The van der Waals surface area contributed by atoms with Crippen molar-refractivity contribution in [2.24, 2.45) is 0 Å². The normalized spacial score (nSPS) is 13.4. The van der Waals surface area contributed by atoms with E-state index in [9.17, 15) is 5.26 Å². The van der Waals surface area contributed by atoms with Crippen molar-refractivity contribution < 1.29 is 4.74 Å². The van der Waals surface area contributed by atoms with Gasteiger partial charge in [0, 0.05) is 10.7 Å². The summed E-state index contributed by atoms with van der Waals surface area (Å²) >= 11 is 1.68. The van der Waals surface area contributed by atoms with Crippen LogP contribution in [0, 0.1) is 11.3 Å². The van der Waals surface area contributed by atoms with Crippen LogP contribution in [-0.2, 0) is 10.5 Å². The van der Waals surface area contributed by atoms with Crippen molar-refractivity contribution in [2.45, 2.75) is 32.9 Å². The third-order valence-electron chi connectivity index (χ3n) is 3.27. The molecule has 0 saturated carbocycles. The fourth-order valence-electron chi connectivity index (χ4n) is 1.70. The third-order valence-corrected chi connectivity index (χ3v) is 4.46. The summed E-state index contributed by atoms with van der Waals surface area (Å²) in [4.78, 5) is 0.989. The standard InChI is InChI=1S/C19H23NOS/c1-5-15(2)11-18(13-20)12-19(16(3)21-4)22-14-17-9-7-6-8-10-17/h6-12H,5,14H2,1-4H3/b15-11+,18-12+,19-16-. The van der Waals surface area contributed by atoms with Crippen molar-refractivity contribution in [1.82, 2.24) is 0 Å². The van der Waals surface area contributed by atoms with E-state index < -0.39 is 0 Å². The lowest BCUT2D eigenvalue weighted by Gasteiger charge is -2.08. The van der Waals surface area contributed by atoms with Crippen LogP contribution in [0.25, 0.3) is 0 Å². The van der Waals surface area contributed by atoms with E-state index in [1.165, 1.54) is 11.1 Å². The van der Waals surface area contributed by atoms with Crippen LogP contribution in [0.1, 0.15) is 32.8 Å². The number of hydrogen-bond acceptors (Lipinski definition) is 3. The van der Waals surface area contributed by atoms with Crippen molar-refractivity contribution in [1.29, 1.82) is 5.26 Å². The van der Waals surface area contributed by atoms with Gasteiger partial charge in [-0.15, -0.1) is 11.8 Å². The lowest BCUT2D eigenvalue weighted by molar-refractivity contribution is 0.292. The van der Waals surface area contributed by atoms with Gasteiger partial charge in [-0.1, -0.05) is 42.8 Å².